The summed E-state index contributed by atoms with van der Waals surface area (Å²) in [7, 11) is 0. The molecule has 0 radical (unpaired) electrons. The molecule has 86 valence electrons. The van der Waals surface area contributed by atoms with Gasteiger partial charge in [0.2, 0.25) is 0 Å². The highest BCUT2D eigenvalue weighted by Crippen LogP contribution is 2.28. The van der Waals surface area contributed by atoms with E-state index >= 15 is 0 Å². The minimum Gasteiger partial charge on any atom is -0.411 e. The third-order valence-corrected chi connectivity index (χ3v) is 3.12. The topological polar surface area (TPSA) is 32.6 Å². The van der Waals surface area contributed by atoms with Crippen LogP contribution in [0.4, 0.5) is 0 Å². The van der Waals surface area contributed by atoms with Crippen LogP contribution < -0.4 is 0 Å². The van der Waals surface area contributed by atoms with Gasteiger partial charge in [0, 0.05) is 11.8 Å². The van der Waals surface area contributed by atoms with Crippen molar-refractivity contribution < 1.29 is 5.21 Å². The third kappa shape index (κ3) is 2.72. The van der Waals surface area contributed by atoms with Gasteiger partial charge in [0.15, 0.2) is 0 Å². The van der Waals surface area contributed by atoms with Crippen molar-refractivity contribution in [3.8, 4) is 0 Å². The minimum atomic E-state index is -0.273. The van der Waals surface area contributed by atoms with Crippen molar-refractivity contribution in [3.63, 3.8) is 0 Å². The highest BCUT2D eigenvalue weighted by atomic mass is 16.4. The summed E-state index contributed by atoms with van der Waals surface area (Å²) in [6.07, 6.45) is 0.650. The van der Waals surface area contributed by atoms with Crippen molar-refractivity contribution in [1.82, 2.24) is 0 Å². The molecule has 0 saturated carbocycles. The zero-order chi connectivity index (χ0) is 12.2. The number of allylic oxidation sites excluding steroid dienone is 1. The molecule has 0 bridgehead atoms. The summed E-state index contributed by atoms with van der Waals surface area (Å²) in [5, 5.41) is 12.6. The van der Waals surface area contributed by atoms with Crippen molar-refractivity contribution in [2.75, 3.05) is 0 Å². The molecule has 0 spiro atoms. The average Bonchev–Trinajstić information content (AvgIpc) is 2.26. The fourth-order valence-corrected chi connectivity index (χ4v) is 1.42. The number of benzene rings is 1. The van der Waals surface area contributed by atoms with Crippen LogP contribution in [-0.2, 0) is 6.42 Å². The Hall–Kier alpha value is -1.57. The minimum absolute atomic E-state index is 0.273. The summed E-state index contributed by atoms with van der Waals surface area (Å²) < 4.78 is 0. The van der Waals surface area contributed by atoms with Crippen molar-refractivity contribution in [1.29, 1.82) is 0 Å². The first kappa shape index (κ1) is 12.5. The normalized spacial score (nSPS) is 12.6. The first-order chi connectivity index (χ1) is 7.48. The summed E-state index contributed by atoms with van der Waals surface area (Å²) >= 11 is 0. The zero-order valence-electron chi connectivity index (χ0n) is 10.2. The van der Waals surface area contributed by atoms with Crippen LogP contribution in [0.25, 0.3) is 0 Å². The Bertz CT molecular complexity index is 390. The van der Waals surface area contributed by atoms with Crippen LogP contribution in [0.1, 0.15) is 26.3 Å². The SMILES string of the molecule is C=C(C)C(C)(C)/C(Cc1ccccc1)=N/O. The van der Waals surface area contributed by atoms with Crippen molar-refractivity contribution in [2.45, 2.75) is 27.2 Å². The molecule has 1 N–H and O–H groups in total. The summed E-state index contributed by atoms with van der Waals surface area (Å²) in [4.78, 5) is 0. The van der Waals surface area contributed by atoms with E-state index in [1.54, 1.807) is 0 Å². The second-order valence-electron chi connectivity index (χ2n) is 4.61. The van der Waals surface area contributed by atoms with Gasteiger partial charge in [-0.05, 0) is 12.5 Å². The number of oxime groups is 1. The maximum absolute atomic E-state index is 9.12. The Morgan fingerprint density at radius 1 is 1.31 bits per heavy atom. The fraction of sp³-hybridized carbons (Fsp3) is 0.357. The van der Waals surface area contributed by atoms with Crippen LogP contribution in [0.15, 0.2) is 47.6 Å². The van der Waals surface area contributed by atoms with E-state index in [4.69, 9.17) is 5.21 Å². The van der Waals surface area contributed by atoms with E-state index in [0.29, 0.717) is 6.42 Å². The molecular formula is C14H19NO. The fourth-order valence-electron chi connectivity index (χ4n) is 1.42. The second kappa shape index (κ2) is 4.97. The molecule has 1 aromatic carbocycles. The Labute approximate surface area is 97.3 Å². The summed E-state index contributed by atoms with van der Waals surface area (Å²) in [6.45, 7) is 9.94. The van der Waals surface area contributed by atoms with E-state index in [0.717, 1.165) is 16.8 Å². The molecule has 1 rings (SSSR count). The first-order valence-corrected chi connectivity index (χ1v) is 5.39. The number of hydrogen-bond acceptors (Lipinski definition) is 2. The lowest BCUT2D eigenvalue weighted by molar-refractivity contribution is 0.310. The summed E-state index contributed by atoms with van der Waals surface area (Å²) in [6, 6.07) is 10.00. The quantitative estimate of drug-likeness (QED) is 0.355. The number of nitrogens with zero attached hydrogens (tertiary/aromatic N) is 1. The molecule has 0 aliphatic heterocycles. The largest absolute Gasteiger partial charge is 0.411 e. The van der Waals surface area contributed by atoms with E-state index in [1.807, 2.05) is 51.1 Å². The molecule has 0 amide bonds. The maximum Gasteiger partial charge on any atom is 0.0710 e. The number of hydrogen-bond donors (Lipinski definition) is 1. The van der Waals surface area contributed by atoms with Crippen molar-refractivity contribution in [3.05, 3.63) is 48.0 Å². The van der Waals surface area contributed by atoms with Crippen LogP contribution in [0.3, 0.4) is 0 Å². The van der Waals surface area contributed by atoms with Gasteiger partial charge < -0.3 is 5.21 Å². The van der Waals surface area contributed by atoms with Crippen LogP contribution in [0.5, 0.6) is 0 Å². The lowest BCUT2D eigenvalue weighted by atomic mass is 9.79. The van der Waals surface area contributed by atoms with Crippen LogP contribution in [0.2, 0.25) is 0 Å². The van der Waals surface area contributed by atoms with E-state index in [-0.39, 0.29) is 5.41 Å². The third-order valence-electron chi connectivity index (χ3n) is 3.12. The monoisotopic (exact) mass is 217 g/mol. The van der Waals surface area contributed by atoms with Gasteiger partial charge in [0.1, 0.15) is 0 Å². The Morgan fingerprint density at radius 2 is 1.88 bits per heavy atom. The van der Waals surface area contributed by atoms with Crippen molar-refractivity contribution >= 4 is 5.71 Å². The lowest BCUT2D eigenvalue weighted by Gasteiger charge is -2.26. The van der Waals surface area contributed by atoms with E-state index in [2.05, 4.69) is 11.7 Å². The van der Waals surface area contributed by atoms with E-state index in [1.165, 1.54) is 0 Å². The second-order valence-corrected chi connectivity index (χ2v) is 4.61. The van der Waals surface area contributed by atoms with Gasteiger partial charge in [-0.3, -0.25) is 0 Å². The van der Waals surface area contributed by atoms with Gasteiger partial charge in [-0.1, -0.05) is 61.5 Å². The van der Waals surface area contributed by atoms with Gasteiger partial charge in [-0.15, -0.1) is 0 Å². The molecule has 0 aromatic heterocycles. The molecule has 0 aliphatic carbocycles. The molecule has 2 nitrogen and oxygen atoms in total. The molecule has 1 aromatic rings. The van der Waals surface area contributed by atoms with Gasteiger partial charge >= 0.3 is 0 Å². The molecule has 0 atom stereocenters. The van der Waals surface area contributed by atoms with Crippen LogP contribution in [0, 0.1) is 5.41 Å². The maximum atomic E-state index is 9.12. The Kier molecular flexibility index (Phi) is 3.88. The molecule has 0 saturated heterocycles. The summed E-state index contributed by atoms with van der Waals surface area (Å²) in [5.74, 6) is 0. The Morgan fingerprint density at radius 3 is 2.31 bits per heavy atom. The van der Waals surface area contributed by atoms with Gasteiger partial charge in [0.05, 0.1) is 5.71 Å². The molecule has 0 fully saturated rings. The summed E-state index contributed by atoms with van der Waals surface area (Å²) in [5.41, 5.74) is 2.61. The Balaban J connectivity index is 2.91. The molecule has 16 heavy (non-hydrogen) atoms. The molecule has 0 heterocycles. The zero-order valence-corrected chi connectivity index (χ0v) is 10.2. The van der Waals surface area contributed by atoms with Gasteiger partial charge in [0.25, 0.3) is 0 Å². The lowest BCUT2D eigenvalue weighted by Crippen LogP contribution is -2.27. The van der Waals surface area contributed by atoms with Crippen molar-refractivity contribution in [2.24, 2.45) is 10.6 Å². The van der Waals surface area contributed by atoms with E-state index in [9.17, 15) is 0 Å². The smallest absolute Gasteiger partial charge is 0.0710 e. The highest BCUT2D eigenvalue weighted by molar-refractivity contribution is 5.93. The van der Waals surface area contributed by atoms with Crippen LogP contribution in [-0.4, -0.2) is 10.9 Å². The van der Waals surface area contributed by atoms with Gasteiger partial charge in [-0.25, -0.2) is 0 Å². The highest BCUT2D eigenvalue weighted by Gasteiger charge is 2.26. The van der Waals surface area contributed by atoms with Crippen LogP contribution >= 0.6 is 0 Å². The standard InChI is InChI=1S/C14H19NO/c1-11(2)14(3,4)13(15-16)10-12-8-6-5-7-9-12/h5-9,16H,1,10H2,2-4H3/b15-13+. The average molecular weight is 217 g/mol. The first-order valence-electron chi connectivity index (χ1n) is 5.39. The molecule has 2 heteroatoms. The molecule has 0 unspecified atom stereocenters. The molecule has 0 aliphatic rings. The van der Waals surface area contributed by atoms with E-state index < -0.39 is 0 Å². The predicted octanol–water partition coefficient (Wildman–Crippen LogP) is 3.66. The van der Waals surface area contributed by atoms with Gasteiger partial charge in [-0.2, -0.15) is 0 Å². The predicted molar refractivity (Wildman–Crippen MR) is 68.0 cm³/mol. The molecular weight excluding hydrogens is 198 g/mol. The number of rotatable bonds is 4.